The van der Waals surface area contributed by atoms with E-state index in [0.29, 0.717) is 22.8 Å². The topological polar surface area (TPSA) is 36.4 Å². The molecule has 0 bridgehead atoms. The predicted octanol–water partition coefficient (Wildman–Crippen LogP) is 4.34. The molecule has 0 saturated carbocycles. The second-order valence-electron chi connectivity index (χ2n) is 6.59. The van der Waals surface area contributed by atoms with E-state index in [0.717, 1.165) is 23.2 Å². The van der Waals surface area contributed by atoms with E-state index in [2.05, 4.69) is 9.88 Å². The molecule has 0 aliphatic rings. The first-order chi connectivity index (χ1) is 12.4. The third-order valence-electron chi connectivity index (χ3n) is 4.10. The Bertz CT molecular complexity index is 905. The average Bonchev–Trinajstić information content (AvgIpc) is 3.01. The monoisotopic (exact) mass is 371 g/mol. The Labute approximate surface area is 156 Å². The zero-order chi connectivity index (χ0) is 18.7. The lowest BCUT2D eigenvalue weighted by atomic mass is 10.1. The van der Waals surface area contributed by atoms with Crippen molar-refractivity contribution in [3.63, 3.8) is 0 Å². The van der Waals surface area contributed by atoms with Gasteiger partial charge in [-0.05, 0) is 64.3 Å². The lowest BCUT2D eigenvalue weighted by Gasteiger charge is -2.21. The summed E-state index contributed by atoms with van der Waals surface area (Å²) in [5.74, 6) is -0.375. The minimum Gasteiger partial charge on any atom is -0.309 e. The molecule has 26 heavy (non-hydrogen) atoms. The van der Waals surface area contributed by atoms with Gasteiger partial charge in [-0.25, -0.2) is 9.37 Å². The van der Waals surface area contributed by atoms with Gasteiger partial charge < -0.3 is 4.90 Å². The summed E-state index contributed by atoms with van der Waals surface area (Å²) in [7, 11) is 4.01. The van der Waals surface area contributed by atoms with E-state index in [9.17, 15) is 9.18 Å². The molecule has 0 aliphatic heterocycles. The predicted molar refractivity (Wildman–Crippen MR) is 106 cm³/mol. The van der Waals surface area contributed by atoms with Gasteiger partial charge in [-0.1, -0.05) is 29.0 Å². The van der Waals surface area contributed by atoms with E-state index >= 15 is 0 Å². The molecular weight excluding hydrogens is 349 g/mol. The third kappa shape index (κ3) is 4.26. The number of hydrogen-bond donors (Lipinski definition) is 0. The second kappa shape index (κ2) is 7.93. The molecular formula is C20H22FN3OS. The zero-order valence-corrected chi connectivity index (χ0v) is 16.0. The number of anilines is 1. The van der Waals surface area contributed by atoms with Crippen molar-refractivity contribution in [1.82, 2.24) is 9.88 Å². The largest absolute Gasteiger partial charge is 0.309 e. The summed E-state index contributed by atoms with van der Waals surface area (Å²) in [6.45, 7) is 3.43. The second-order valence-corrected chi connectivity index (χ2v) is 7.60. The maximum absolute atomic E-state index is 13.5. The number of aromatic nitrogens is 1. The molecule has 2 aromatic carbocycles. The fourth-order valence-corrected chi connectivity index (χ4v) is 3.70. The van der Waals surface area contributed by atoms with E-state index in [1.54, 1.807) is 11.0 Å². The molecule has 3 aromatic rings. The van der Waals surface area contributed by atoms with Crippen LogP contribution in [0, 0.1) is 12.7 Å². The Kier molecular flexibility index (Phi) is 5.64. The molecule has 1 heterocycles. The summed E-state index contributed by atoms with van der Waals surface area (Å²) in [4.78, 5) is 21.4. The first-order valence-electron chi connectivity index (χ1n) is 8.53. The number of halogens is 1. The first kappa shape index (κ1) is 18.5. The number of nitrogens with zero attached hydrogens (tertiary/aromatic N) is 3. The van der Waals surface area contributed by atoms with Gasteiger partial charge in [0, 0.05) is 12.1 Å². The maximum atomic E-state index is 13.5. The van der Waals surface area contributed by atoms with Crippen molar-refractivity contribution in [3.8, 4) is 0 Å². The Balaban J connectivity index is 1.92. The molecule has 0 unspecified atom stereocenters. The summed E-state index contributed by atoms with van der Waals surface area (Å²) in [6.07, 6.45) is 0.828. The lowest BCUT2D eigenvalue weighted by Crippen LogP contribution is -2.33. The molecule has 0 fully saturated rings. The lowest BCUT2D eigenvalue weighted by molar-refractivity contribution is 0.0986. The minimum atomic E-state index is -0.295. The number of benzene rings is 2. The Morgan fingerprint density at radius 3 is 2.54 bits per heavy atom. The molecule has 0 saturated heterocycles. The van der Waals surface area contributed by atoms with Gasteiger partial charge in [0.25, 0.3) is 5.91 Å². The van der Waals surface area contributed by atoms with Gasteiger partial charge in [-0.3, -0.25) is 9.69 Å². The highest BCUT2D eigenvalue weighted by Crippen LogP contribution is 2.30. The molecule has 1 amide bonds. The van der Waals surface area contributed by atoms with Crippen LogP contribution >= 0.6 is 11.3 Å². The summed E-state index contributed by atoms with van der Waals surface area (Å²) in [5, 5.41) is 0.606. The normalized spacial score (nSPS) is 11.3. The number of aryl methyl sites for hydroxylation is 1. The minimum absolute atomic E-state index is 0.0803. The number of hydrogen-bond acceptors (Lipinski definition) is 4. The van der Waals surface area contributed by atoms with Crippen LogP contribution in [0.3, 0.4) is 0 Å². The van der Waals surface area contributed by atoms with Crippen LogP contribution in [-0.2, 0) is 0 Å². The summed E-state index contributed by atoms with van der Waals surface area (Å²) < 4.78 is 14.2. The van der Waals surface area contributed by atoms with Crippen LogP contribution in [0.5, 0.6) is 0 Å². The summed E-state index contributed by atoms with van der Waals surface area (Å²) in [6, 6.07) is 12.0. The highest BCUT2D eigenvalue weighted by Gasteiger charge is 2.21. The maximum Gasteiger partial charge on any atom is 0.260 e. The smallest absolute Gasteiger partial charge is 0.260 e. The molecule has 1 aromatic heterocycles. The van der Waals surface area contributed by atoms with Crippen molar-refractivity contribution in [2.24, 2.45) is 0 Å². The Morgan fingerprint density at radius 1 is 1.12 bits per heavy atom. The number of amides is 1. The molecule has 136 valence electrons. The number of fused-ring (bicyclic) bond motifs is 1. The first-order valence-corrected chi connectivity index (χ1v) is 9.35. The van der Waals surface area contributed by atoms with Gasteiger partial charge in [0.05, 0.1) is 10.2 Å². The number of rotatable bonds is 6. The highest BCUT2D eigenvalue weighted by atomic mass is 32.1. The third-order valence-corrected chi connectivity index (χ3v) is 5.14. The molecule has 0 N–H and O–H groups in total. The van der Waals surface area contributed by atoms with E-state index < -0.39 is 0 Å². The quantitative estimate of drug-likeness (QED) is 0.647. The highest BCUT2D eigenvalue weighted by molar-refractivity contribution is 7.22. The number of carbonyl (C=O) groups is 1. The number of carbonyl (C=O) groups excluding carboxylic acids is 1. The van der Waals surface area contributed by atoms with Crippen LogP contribution in [0.25, 0.3) is 10.2 Å². The van der Waals surface area contributed by atoms with Gasteiger partial charge >= 0.3 is 0 Å². The Hall–Kier alpha value is -2.31. The Morgan fingerprint density at radius 2 is 1.85 bits per heavy atom. The van der Waals surface area contributed by atoms with Crippen molar-refractivity contribution < 1.29 is 9.18 Å². The molecule has 4 nitrogen and oxygen atoms in total. The molecule has 0 spiro atoms. The van der Waals surface area contributed by atoms with Crippen molar-refractivity contribution in [1.29, 1.82) is 0 Å². The van der Waals surface area contributed by atoms with E-state index in [-0.39, 0.29) is 11.7 Å². The summed E-state index contributed by atoms with van der Waals surface area (Å²) in [5.41, 5.74) is 2.45. The molecule has 0 atom stereocenters. The standard InChI is InChI=1S/C20H22FN3OS/c1-14-5-7-15(8-6-14)19(25)24(12-4-11-23(2)3)20-22-17-10-9-16(21)13-18(17)26-20/h5-10,13H,4,11-12H2,1-3H3. The van der Waals surface area contributed by atoms with Crippen molar-refractivity contribution in [2.45, 2.75) is 13.3 Å². The molecule has 0 radical (unpaired) electrons. The van der Waals surface area contributed by atoms with E-state index in [4.69, 9.17) is 0 Å². The molecule has 0 aliphatic carbocycles. The van der Waals surface area contributed by atoms with Gasteiger partial charge in [0.15, 0.2) is 5.13 Å². The average molecular weight is 371 g/mol. The summed E-state index contributed by atoms with van der Waals surface area (Å²) >= 11 is 1.34. The SMILES string of the molecule is Cc1ccc(C(=O)N(CCCN(C)C)c2nc3ccc(F)cc3s2)cc1. The van der Waals surface area contributed by atoms with Crippen LogP contribution in [0.15, 0.2) is 42.5 Å². The van der Waals surface area contributed by atoms with Crippen LogP contribution in [-0.4, -0.2) is 43.0 Å². The van der Waals surface area contributed by atoms with Crippen molar-refractivity contribution >= 4 is 32.6 Å². The van der Waals surface area contributed by atoms with Crippen LogP contribution in [0.2, 0.25) is 0 Å². The van der Waals surface area contributed by atoms with Gasteiger partial charge in [0.2, 0.25) is 0 Å². The molecule has 6 heteroatoms. The van der Waals surface area contributed by atoms with Gasteiger partial charge in [0.1, 0.15) is 5.82 Å². The van der Waals surface area contributed by atoms with Crippen LogP contribution < -0.4 is 4.90 Å². The van der Waals surface area contributed by atoms with E-state index in [1.807, 2.05) is 45.3 Å². The van der Waals surface area contributed by atoms with E-state index in [1.165, 1.54) is 23.5 Å². The van der Waals surface area contributed by atoms with Crippen LogP contribution in [0.1, 0.15) is 22.3 Å². The fraction of sp³-hybridized carbons (Fsp3) is 0.300. The van der Waals surface area contributed by atoms with Crippen molar-refractivity contribution in [3.05, 3.63) is 59.4 Å². The van der Waals surface area contributed by atoms with Gasteiger partial charge in [-0.15, -0.1) is 0 Å². The van der Waals surface area contributed by atoms with Crippen LogP contribution in [0.4, 0.5) is 9.52 Å². The number of thiazole rings is 1. The molecule has 3 rings (SSSR count). The van der Waals surface area contributed by atoms with Gasteiger partial charge in [-0.2, -0.15) is 0 Å². The van der Waals surface area contributed by atoms with Crippen molar-refractivity contribution in [2.75, 3.05) is 32.1 Å². The fourth-order valence-electron chi connectivity index (χ4n) is 2.68. The zero-order valence-electron chi connectivity index (χ0n) is 15.2.